The Morgan fingerprint density at radius 1 is 1.22 bits per heavy atom. The van der Waals surface area contributed by atoms with E-state index in [1.165, 1.54) is 23.9 Å². The molecule has 32 heavy (non-hydrogen) atoms. The van der Waals surface area contributed by atoms with E-state index in [2.05, 4.69) is 15.5 Å². The Bertz CT molecular complexity index is 1230. The van der Waals surface area contributed by atoms with Crippen LogP contribution in [0.4, 0.5) is 10.1 Å². The van der Waals surface area contributed by atoms with Gasteiger partial charge in [-0.05, 0) is 42.5 Å². The van der Waals surface area contributed by atoms with Gasteiger partial charge in [-0.25, -0.2) is 4.39 Å². The van der Waals surface area contributed by atoms with Crippen LogP contribution in [0.2, 0.25) is 5.02 Å². The first kappa shape index (κ1) is 21.9. The van der Waals surface area contributed by atoms with Crippen molar-refractivity contribution in [3.63, 3.8) is 0 Å². The molecule has 0 unspecified atom stereocenters. The SMILES string of the molecule is COc1cccc(-c2nnc(SCC(=O)Nc3ccc(F)cc3Cl)n2Cc2ccco2)c1. The zero-order valence-corrected chi connectivity index (χ0v) is 18.5. The number of ether oxygens (including phenoxy) is 1. The lowest BCUT2D eigenvalue weighted by Crippen LogP contribution is -2.15. The van der Waals surface area contributed by atoms with Crippen LogP contribution >= 0.6 is 23.4 Å². The summed E-state index contributed by atoms with van der Waals surface area (Å²) in [6.45, 7) is 0.389. The maximum absolute atomic E-state index is 13.2. The highest BCUT2D eigenvalue weighted by molar-refractivity contribution is 7.99. The molecule has 2 heterocycles. The van der Waals surface area contributed by atoms with E-state index in [4.69, 9.17) is 20.8 Å². The van der Waals surface area contributed by atoms with Gasteiger partial charge in [0.25, 0.3) is 0 Å². The maximum atomic E-state index is 13.2. The Labute approximate surface area is 192 Å². The molecule has 0 saturated heterocycles. The molecule has 0 atom stereocenters. The van der Waals surface area contributed by atoms with Crippen LogP contribution in [0.15, 0.2) is 70.4 Å². The molecule has 1 N–H and O–H groups in total. The van der Waals surface area contributed by atoms with Crippen LogP contribution in [0.25, 0.3) is 11.4 Å². The van der Waals surface area contributed by atoms with Gasteiger partial charge in [0.2, 0.25) is 5.91 Å². The zero-order valence-electron chi connectivity index (χ0n) is 16.9. The molecule has 0 aliphatic rings. The molecule has 7 nitrogen and oxygen atoms in total. The number of aromatic nitrogens is 3. The molecule has 0 aliphatic heterocycles. The predicted octanol–water partition coefficient (Wildman–Crippen LogP) is 5.12. The molecule has 0 fully saturated rings. The number of methoxy groups -OCH3 is 1. The van der Waals surface area contributed by atoms with Gasteiger partial charge < -0.3 is 14.5 Å². The molecule has 4 aromatic rings. The molecule has 10 heteroatoms. The molecule has 2 aromatic heterocycles. The Morgan fingerprint density at radius 2 is 2.09 bits per heavy atom. The summed E-state index contributed by atoms with van der Waals surface area (Å²) < 4.78 is 25.9. The van der Waals surface area contributed by atoms with Gasteiger partial charge >= 0.3 is 0 Å². The van der Waals surface area contributed by atoms with Crippen LogP contribution in [0.5, 0.6) is 5.75 Å². The summed E-state index contributed by atoms with van der Waals surface area (Å²) in [5.41, 5.74) is 1.16. The summed E-state index contributed by atoms with van der Waals surface area (Å²) in [6, 6.07) is 14.9. The van der Waals surface area contributed by atoms with Crippen LogP contribution in [-0.2, 0) is 11.3 Å². The second-order valence-corrected chi connectivity index (χ2v) is 8.01. The van der Waals surface area contributed by atoms with E-state index in [0.29, 0.717) is 29.0 Å². The molecule has 4 rings (SSSR count). The topological polar surface area (TPSA) is 82.2 Å². The molecule has 0 spiro atoms. The number of hydrogen-bond acceptors (Lipinski definition) is 6. The average molecular weight is 473 g/mol. The van der Waals surface area contributed by atoms with Gasteiger partial charge in [-0.1, -0.05) is 35.5 Å². The van der Waals surface area contributed by atoms with E-state index in [0.717, 1.165) is 17.4 Å². The lowest BCUT2D eigenvalue weighted by Gasteiger charge is -2.10. The minimum Gasteiger partial charge on any atom is -0.497 e. The highest BCUT2D eigenvalue weighted by atomic mass is 35.5. The van der Waals surface area contributed by atoms with Gasteiger partial charge in [0.05, 0.1) is 36.4 Å². The Kier molecular flexibility index (Phi) is 6.77. The third-order valence-corrected chi connectivity index (χ3v) is 5.76. The summed E-state index contributed by atoms with van der Waals surface area (Å²) in [6.07, 6.45) is 1.59. The highest BCUT2D eigenvalue weighted by Gasteiger charge is 2.18. The number of carbonyl (C=O) groups excluding carboxylic acids is 1. The number of hydrogen-bond donors (Lipinski definition) is 1. The second kappa shape index (κ2) is 9.88. The first-order chi connectivity index (χ1) is 15.5. The van der Waals surface area contributed by atoms with E-state index in [9.17, 15) is 9.18 Å². The number of benzene rings is 2. The lowest BCUT2D eigenvalue weighted by molar-refractivity contribution is -0.113. The van der Waals surface area contributed by atoms with Crippen molar-refractivity contribution in [2.75, 3.05) is 18.2 Å². The normalized spacial score (nSPS) is 10.8. The van der Waals surface area contributed by atoms with Crippen molar-refractivity contribution in [2.24, 2.45) is 0 Å². The van der Waals surface area contributed by atoms with Crippen molar-refractivity contribution >= 4 is 35.0 Å². The number of amides is 1. The molecule has 0 radical (unpaired) electrons. The first-order valence-electron chi connectivity index (χ1n) is 9.51. The number of rotatable bonds is 8. The summed E-state index contributed by atoms with van der Waals surface area (Å²) >= 11 is 7.20. The second-order valence-electron chi connectivity index (χ2n) is 6.66. The van der Waals surface area contributed by atoms with E-state index in [1.807, 2.05) is 34.9 Å². The quantitative estimate of drug-likeness (QED) is 0.358. The van der Waals surface area contributed by atoms with Gasteiger partial charge in [-0.3, -0.25) is 9.36 Å². The molecule has 1 amide bonds. The highest BCUT2D eigenvalue weighted by Crippen LogP contribution is 2.28. The van der Waals surface area contributed by atoms with Crippen molar-refractivity contribution in [2.45, 2.75) is 11.7 Å². The number of nitrogens with one attached hydrogen (secondary N) is 1. The van der Waals surface area contributed by atoms with Gasteiger partial charge in [0.1, 0.15) is 17.3 Å². The molecule has 0 aliphatic carbocycles. The van der Waals surface area contributed by atoms with Crippen molar-refractivity contribution in [1.29, 1.82) is 0 Å². The lowest BCUT2D eigenvalue weighted by atomic mass is 10.2. The summed E-state index contributed by atoms with van der Waals surface area (Å²) in [4.78, 5) is 12.4. The fourth-order valence-electron chi connectivity index (χ4n) is 2.98. The summed E-state index contributed by atoms with van der Waals surface area (Å²) in [7, 11) is 1.60. The van der Waals surface area contributed by atoms with Crippen molar-refractivity contribution in [3.8, 4) is 17.1 Å². The average Bonchev–Trinajstić information content (AvgIpc) is 3.45. The fraction of sp³-hybridized carbons (Fsp3) is 0.136. The summed E-state index contributed by atoms with van der Waals surface area (Å²) in [5, 5.41) is 11.9. The first-order valence-corrected chi connectivity index (χ1v) is 10.9. The van der Waals surface area contributed by atoms with Crippen molar-refractivity contribution < 1.29 is 18.3 Å². The van der Waals surface area contributed by atoms with Crippen molar-refractivity contribution in [1.82, 2.24) is 14.8 Å². The van der Waals surface area contributed by atoms with E-state index in [1.54, 1.807) is 19.4 Å². The number of carbonyl (C=O) groups is 1. The Balaban J connectivity index is 1.55. The molecule has 0 bridgehead atoms. The molecule has 164 valence electrons. The van der Waals surface area contributed by atoms with Gasteiger partial charge in [0.15, 0.2) is 11.0 Å². The molecular formula is C22H18ClFN4O3S. The predicted molar refractivity (Wildman–Crippen MR) is 121 cm³/mol. The van der Waals surface area contributed by atoms with Gasteiger partial charge in [-0.15, -0.1) is 10.2 Å². The minimum atomic E-state index is -0.474. The number of furan rings is 1. The van der Waals surface area contributed by atoms with Crippen LogP contribution in [0.1, 0.15) is 5.76 Å². The third-order valence-electron chi connectivity index (χ3n) is 4.48. The third kappa shape index (κ3) is 5.12. The van der Waals surface area contributed by atoms with Gasteiger partial charge in [-0.2, -0.15) is 0 Å². The maximum Gasteiger partial charge on any atom is 0.234 e. The molecular weight excluding hydrogens is 455 g/mol. The number of thioether (sulfide) groups is 1. The Morgan fingerprint density at radius 3 is 2.84 bits per heavy atom. The monoisotopic (exact) mass is 472 g/mol. The number of nitrogens with zero attached hydrogens (tertiary/aromatic N) is 3. The fourth-order valence-corrected chi connectivity index (χ4v) is 3.93. The van der Waals surface area contributed by atoms with Crippen LogP contribution < -0.4 is 10.1 Å². The van der Waals surface area contributed by atoms with Crippen LogP contribution in [-0.4, -0.2) is 33.5 Å². The standard InChI is InChI=1S/C22H18ClFN4O3S/c1-30-16-5-2-4-14(10-16)21-26-27-22(28(21)12-17-6-3-9-31-17)32-13-20(29)25-19-8-7-15(24)11-18(19)23/h2-11H,12-13H2,1H3,(H,25,29). The van der Waals surface area contributed by atoms with Gasteiger partial charge in [0, 0.05) is 5.56 Å². The van der Waals surface area contributed by atoms with E-state index >= 15 is 0 Å². The summed E-state index contributed by atoms with van der Waals surface area (Å²) in [5.74, 6) is 1.31. The number of anilines is 1. The van der Waals surface area contributed by atoms with E-state index < -0.39 is 5.82 Å². The largest absolute Gasteiger partial charge is 0.497 e. The smallest absolute Gasteiger partial charge is 0.234 e. The molecule has 0 saturated carbocycles. The zero-order chi connectivity index (χ0) is 22.5. The van der Waals surface area contributed by atoms with E-state index in [-0.39, 0.29) is 16.7 Å². The minimum absolute atomic E-state index is 0.0576. The van der Waals surface area contributed by atoms with Crippen LogP contribution in [0, 0.1) is 5.82 Å². The molecule has 2 aromatic carbocycles. The Hall–Kier alpha value is -3.30. The number of halogens is 2. The van der Waals surface area contributed by atoms with Crippen molar-refractivity contribution in [3.05, 3.63) is 77.5 Å². The van der Waals surface area contributed by atoms with Crippen LogP contribution in [0.3, 0.4) is 0 Å².